The lowest BCUT2D eigenvalue weighted by Crippen LogP contribution is -2.03. The van der Waals surface area contributed by atoms with Crippen LogP contribution in [0.2, 0.25) is 0 Å². The Morgan fingerprint density at radius 2 is 1.71 bits per heavy atom. The van der Waals surface area contributed by atoms with Gasteiger partial charge in [-0.1, -0.05) is 24.3 Å². The van der Waals surface area contributed by atoms with E-state index in [9.17, 15) is 0 Å². The van der Waals surface area contributed by atoms with Gasteiger partial charge in [0, 0.05) is 12.1 Å². The third-order valence-electron chi connectivity index (χ3n) is 3.83. The summed E-state index contributed by atoms with van der Waals surface area (Å²) in [6, 6.07) is 10.2. The first kappa shape index (κ1) is 15.4. The van der Waals surface area contributed by atoms with Crippen molar-refractivity contribution in [3.63, 3.8) is 0 Å². The maximum Gasteiger partial charge on any atom is 0.125 e. The smallest absolute Gasteiger partial charge is 0.125 e. The molecular formula is C18H23NO2. The Morgan fingerprint density at radius 1 is 1.00 bits per heavy atom. The van der Waals surface area contributed by atoms with Crippen molar-refractivity contribution in [1.29, 1.82) is 0 Å². The van der Waals surface area contributed by atoms with Gasteiger partial charge in [0.15, 0.2) is 0 Å². The summed E-state index contributed by atoms with van der Waals surface area (Å²) in [4.78, 5) is 0. The number of hydrogen-bond acceptors (Lipinski definition) is 3. The van der Waals surface area contributed by atoms with Crippen molar-refractivity contribution in [2.75, 3.05) is 7.11 Å². The predicted octanol–water partition coefficient (Wildman–Crippen LogP) is 3.66. The van der Waals surface area contributed by atoms with Gasteiger partial charge in [-0.15, -0.1) is 0 Å². The zero-order valence-electron chi connectivity index (χ0n) is 13.2. The Kier molecular flexibility index (Phi) is 4.86. The number of ether oxygens (including phenoxy) is 2. The molecule has 21 heavy (non-hydrogen) atoms. The molecule has 0 atom stereocenters. The van der Waals surface area contributed by atoms with E-state index < -0.39 is 0 Å². The lowest BCUT2D eigenvalue weighted by molar-refractivity contribution is 0.300. The molecule has 3 heteroatoms. The third-order valence-corrected chi connectivity index (χ3v) is 3.83. The van der Waals surface area contributed by atoms with Gasteiger partial charge in [0.25, 0.3) is 0 Å². The van der Waals surface area contributed by atoms with Gasteiger partial charge in [0.1, 0.15) is 18.1 Å². The van der Waals surface area contributed by atoms with Crippen molar-refractivity contribution in [2.45, 2.75) is 33.9 Å². The molecule has 0 amide bonds. The number of aryl methyl sites for hydroxylation is 2. The molecule has 0 saturated carbocycles. The summed E-state index contributed by atoms with van der Waals surface area (Å²) in [5.74, 6) is 1.79. The molecule has 0 saturated heterocycles. The SMILES string of the molecule is COc1cc(COc2c(C)ccc(C)c2C)ccc1CN. The first-order chi connectivity index (χ1) is 10.1. The highest BCUT2D eigenvalue weighted by atomic mass is 16.5. The van der Waals surface area contributed by atoms with Gasteiger partial charge in [-0.05, 0) is 49.1 Å². The normalized spacial score (nSPS) is 10.5. The van der Waals surface area contributed by atoms with Crippen LogP contribution in [0.4, 0.5) is 0 Å². The number of benzene rings is 2. The average molecular weight is 285 g/mol. The van der Waals surface area contributed by atoms with Crippen molar-refractivity contribution in [2.24, 2.45) is 5.73 Å². The van der Waals surface area contributed by atoms with Crippen LogP contribution in [0.15, 0.2) is 30.3 Å². The Hall–Kier alpha value is -2.00. The summed E-state index contributed by atoms with van der Waals surface area (Å²) in [5, 5.41) is 0. The van der Waals surface area contributed by atoms with Crippen LogP contribution in [-0.2, 0) is 13.2 Å². The minimum Gasteiger partial charge on any atom is -0.496 e. The Bertz CT molecular complexity index is 635. The molecule has 2 aromatic rings. The van der Waals surface area contributed by atoms with Crippen LogP contribution >= 0.6 is 0 Å². The largest absolute Gasteiger partial charge is 0.496 e. The molecule has 0 aliphatic rings. The number of hydrogen-bond donors (Lipinski definition) is 1. The van der Waals surface area contributed by atoms with Crippen LogP contribution in [0.1, 0.15) is 27.8 Å². The van der Waals surface area contributed by atoms with Gasteiger partial charge in [-0.25, -0.2) is 0 Å². The van der Waals surface area contributed by atoms with Crippen molar-refractivity contribution in [3.8, 4) is 11.5 Å². The van der Waals surface area contributed by atoms with Gasteiger partial charge in [-0.2, -0.15) is 0 Å². The molecule has 0 bridgehead atoms. The second kappa shape index (κ2) is 6.64. The van der Waals surface area contributed by atoms with Gasteiger partial charge in [0.05, 0.1) is 7.11 Å². The van der Waals surface area contributed by atoms with E-state index in [1.54, 1.807) is 7.11 Å². The molecule has 0 heterocycles. The number of nitrogens with two attached hydrogens (primary N) is 1. The summed E-state index contributed by atoms with van der Waals surface area (Å²) < 4.78 is 11.4. The van der Waals surface area contributed by atoms with Crippen LogP contribution in [0.3, 0.4) is 0 Å². The summed E-state index contributed by atoms with van der Waals surface area (Å²) in [7, 11) is 1.66. The molecule has 2 aromatic carbocycles. The molecule has 0 fully saturated rings. The van der Waals surface area contributed by atoms with E-state index in [2.05, 4.69) is 32.9 Å². The van der Waals surface area contributed by atoms with Crippen LogP contribution < -0.4 is 15.2 Å². The fourth-order valence-corrected chi connectivity index (χ4v) is 2.35. The maximum absolute atomic E-state index is 6.02. The molecule has 0 aliphatic carbocycles. The predicted molar refractivity (Wildman–Crippen MR) is 85.9 cm³/mol. The molecule has 0 aromatic heterocycles. The van der Waals surface area contributed by atoms with Crippen LogP contribution in [0.25, 0.3) is 0 Å². The number of rotatable bonds is 5. The van der Waals surface area contributed by atoms with E-state index in [1.165, 1.54) is 11.1 Å². The molecule has 2 rings (SSSR count). The van der Waals surface area contributed by atoms with E-state index in [0.29, 0.717) is 13.2 Å². The first-order valence-corrected chi connectivity index (χ1v) is 7.12. The van der Waals surface area contributed by atoms with Crippen molar-refractivity contribution in [3.05, 3.63) is 58.1 Å². The molecule has 2 N–H and O–H groups in total. The monoisotopic (exact) mass is 285 g/mol. The molecule has 3 nitrogen and oxygen atoms in total. The fraction of sp³-hybridized carbons (Fsp3) is 0.333. The zero-order chi connectivity index (χ0) is 15.4. The number of methoxy groups -OCH3 is 1. The van der Waals surface area contributed by atoms with E-state index in [-0.39, 0.29) is 0 Å². The van der Waals surface area contributed by atoms with Crippen molar-refractivity contribution < 1.29 is 9.47 Å². The lowest BCUT2D eigenvalue weighted by atomic mass is 10.1. The second-order valence-corrected chi connectivity index (χ2v) is 5.29. The molecule has 0 spiro atoms. The van der Waals surface area contributed by atoms with E-state index in [4.69, 9.17) is 15.2 Å². The standard InChI is InChI=1S/C18H23NO2/c1-12-5-6-13(2)18(14(12)3)21-11-15-7-8-16(10-19)17(9-15)20-4/h5-9H,10-11,19H2,1-4H3. The minimum absolute atomic E-state index is 0.473. The molecule has 112 valence electrons. The van der Waals surface area contributed by atoms with E-state index in [0.717, 1.165) is 28.2 Å². The summed E-state index contributed by atoms with van der Waals surface area (Å²) >= 11 is 0. The fourth-order valence-electron chi connectivity index (χ4n) is 2.35. The molecule has 0 radical (unpaired) electrons. The quantitative estimate of drug-likeness (QED) is 0.912. The summed E-state index contributed by atoms with van der Waals surface area (Å²) in [5.41, 5.74) is 11.4. The Balaban J connectivity index is 2.19. The topological polar surface area (TPSA) is 44.5 Å². The van der Waals surface area contributed by atoms with Crippen LogP contribution in [0.5, 0.6) is 11.5 Å². The Morgan fingerprint density at radius 3 is 2.38 bits per heavy atom. The molecule has 0 aliphatic heterocycles. The van der Waals surface area contributed by atoms with Crippen molar-refractivity contribution >= 4 is 0 Å². The van der Waals surface area contributed by atoms with Gasteiger partial charge in [-0.3, -0.25) is 0 Å². The summed E-state index contributed by atoms with van der Waals surface area (Å²) in [6.07, 6.45) is 0. The van der Waals surface area contributed by atoms with E-state index in [1.807, 2.05) is 18.2 Å². The Labute approximate surface area is 126 Å². The van der Waals surface area contributed by atoms with Gasteiger partial charge >= 0.3 is 0 Å². The molecule has 0 unspecified atom stereocenters. The lowest BCUT2D eigenvalue weighted by Gasteiger charge is -2.15. The highest BCUT2D eigenvalue weighted by molar-refractivity contribution is 5.45. The average Bonchev–Trinajstić information content (AvgIpc) is 2.50. The van der Waals surface area contributed by atoms with Crippen molar-refractivity contribution in [1.82, 2.24) is 0 Å². The van der Waals surface area contributed by atoms with Crippen LogP contribution in [0, 0.1) is 20.8 Å². The second-order valence-electron chi connectivity index (χ2n) is 5.29. The third kappa shape index (κ3) is 3.37. The maximum atomic E-state index is 6.02. The minimum atomic E-state index is 0.473. The highest BCUT2D eigenvalue weighted by Crippen LogP contribution is 2.27. The van der Waals surface area contributed by atoms with E-state index >= 15 is 0 Å². The first-order valence-electron chi connectivity index (χ1n) is 7.12. The molecular weight excluding hydrogens is 262 g/mol. The summed E-state index contributed by atoms with van der Waals surface area (Å²) in [6.45, 7) is 7.25. The zero-order valence-corrected chi connectivity index (χ0v) is 13.2. The highest BCUT2D eigenvalue weighted by Gasteiger charge is 2.08. The van der Waals surface area contributed by atoms with Crippen LogP contribution in [-0.4, -0.2) is 7.11 Å². The van der Waals surface area contributed by atoms with Gasteiger partial charge < -0.3 is 15.2 Å². The van der Waals surface area contributed by atoms with Gasteiger partial charge in [0.2, 0.25) is 0 Å².